The number of rotatable bonds is 4. The number of oxime groups is 1. The predicted molar refractivity (Wildman–Crippen MR) is 68.9 cm³/mol. The highest BCUT2D eigenvalue weighted by molar-refractivity contribution is 9.11. The maximum atomic E-state index is 11.9. The number of thiophene rings is 1. The zero-order valence-corrected chi connectivity index (χ0v) is 11.3. The first-order valence-corrected chi connectivity index (χ1v) is 6.70. The molecule has 0 spiro atoms. The van der Waals surface area contributed by atoms with Crippen molar-refractivity contribution < 1.29 is 10.0 Å². The van der Waals surface area contributed by atoms with Crippen molar-refractivity contribution in [1.29, 1.82) is 0 Å². The van der Waals surface area contributed by atoms with Crippen LogP contribution in [0.5, 0.6) is 0 Å². The number of amides is 1. The van der Waals surface area contributed by atoms with Crippen LogP contribution in [0.2, 0.25) is 0 Å². The van der Waals surface area contributed by atoms with E-state index in [4.69, 9.17) is 10.9 Å². The van der Waals surface area contributed by atoms with Gasteiger partial charge in [0.1, 0.15) is 5.41 Å². The number of hydrogen-bond donors (Lipinski definition) is 3. The molecule has 0 atom stereocenters. The summed E-state index contributed by atoms with van der Waals surface area (Å²) in [5.74, 6) is -0.167. The number of halogens is 1. The van der Waals surface area contributed by atoms with Gasteiger partial charge in [-0.1, -0.05) is 5.16 Å². The smallest absolute Gasteiger partial charge is 0.234 e. The molecule has 0 radical (unpaired) electrons. The molecule has 7 heteroatoms. The summed E-state index contributed by atoms with van der Waals surface area (Å²) < 4.78 is 1.03. The highest BCUT2D eigenvalue weighted by atomic mass is 79.9. The Bertz CT molecular complexity index is 468. The van der Waals surface area contributed by atoms with E-state index in [2.05, 4.69) is 26.4 Å². The average Bonchev–Trinajstić information content (AvgIpc) is 3.04. The normalized spacial score (nSPS) is 17.8. The van der Waals surface area contributed by atoms with Crippen LogP contribution in [0.15, 0.2) is 21.1 Å². The van der Waals surface area contributed by atoms with Crippen molar-refractivity contribution in [3.05, 3.63) is 20.8 Å². The summed E-state index contributed by atoms with van der Waals surface area (Å²) in [6.07, 6.45) is 1.28. The second-order valence-corrected chi connectivity index (χ2v) is 6.50. The lowest BCUT2D eigenvalue weighted by Gasteiger charge is -2.12. The molecule has 5 nitrogen and oxygen atoms in total. The number of amidine groups is 1. The van der Waals surface area contributed by atoms with Crippen molar-refractivity contribution in [2.24, 2.45) is 16.3 Å². The Labute approximate surface area is 111 Å². The molecule has 1 aliphatic rings. The summed E-state index contributed by atoms with van der Waals surface area (Å²) >= 11 is 4.93. The van der Waals surface area contributed by atoms with Crippen molar-refractivity contribution in [2.45, 2.75) is 19.4 Å². The molecule has 0 saturated heterocycles. The summed E-state index contributed by atoms with van der Waals surface area (Å²) in [6.45, 7) is 0.468. The molecule has 1 saturated carbocycles. The second-order valence-electron chi connectivity index (χ2n) is 3.96. The zero-order valence-electron chi connectivity index (χ0n) is 8.94. The Balaban J connectivity index is 1.94. The van der Waals surface area contributed by atoms with E-state index in [0.717, 1.165) is 8.66 Å². The quantitative estimate of drug-likeness (QED) is 0.341. The van der Waals surface area contributed by atoms with Gasteiger partial charge in [0.2, 0.25) is 5.91 Å². The molecule has 1 heterocycles. The molecule has 0 bridgehead atoms. The van der Waals surface area contributed by atoms with Crippen LogP contribution in [-0.4, -0.2) is 17.0 Å². The lowest BCUT2D eigenvalue weighted by atomic mass is 10.1. The van der Waals surface area contributed by atoms with E-state index < -0.39 is 5.41 Å². The summed E-state index contributed by atoms with van der Waals surface area (Å²) in [5, 5.41) is 14.4. The molecule has 0 aromatic carbocycles. The van der Waals surface area contributed by atoms with E-state index >= 15 is 0 Å². The maximum absolute atomic E-state index is 11.9. The summed E-state index contributed by atoms with van der Waals surface area (Å²) in [4.78, 5) is 13.0. The van der Waals surface area contributed by atoms with Gasteiger partial charge in [0.25, 0.3) is 0 Å². The molecular formula is C10H12BrN3O2S. The molecule has 1 aromatic rings. The van der Waals surface area contributed by atoms with Crippen LogP contribution in [0.3, 0.4) is 0 Å². The van der Waals surface area contributed by atoms with Crippen LogP contribution in [0, 0.1) is 5.41 Å². The van der Waals surface area contributed by atoms with Crippen molar-refractivity contribution >= 4 is 39.0 Å². The summed E-state index contributed by atoms with van der Waals surface area (Å²) in [7, 11) is 0. The van der Waals surface area contributed by atoms with Gasteiger partial charge in [-0.2, -0.15) is 0 Å². The number of nitrogens with two attached hydrogens (primary N) is 1. The van der Waals surface area contributed by atoms with Gasteiger partial charge in [-0.25, -0.2) is 0 Å². The van der Waals surface area contributed by atoms with Crippen LogP contribution in [0.25, 0.3) is 0 Å². The maximum Gasteiger partial charge on any atom is 0.234 e. The van der Waals surface area contributed by atoms with Gasteiger partial charge < -0.3 is 16.3 Å². The first-order valence-electron chi connectivity index (χ1n) is 5.09. The lowest BCUT2D eigenvalue weighted by molar-refractivity contribution is -0.124. The first-order chi connectivity index (χ1) is 8.08. The fourth-order valence-corrected chi connectivity index (χ4v) is 3.03. The lowest BCUT2D eigenvalue weighted by Crippen LogP contribution is -2.40. The standard InChI is InChI=1S/C10H12BrN3O2S/c11-7-2-1-6(17-7)5-13-9(15)10(3-4-10)8(12)14-16/h1-2,16H,3-5H2,(H2,12,14)(H,13,15). The van der Waals surface area contributed by atoms with Crippen LogP contribution in [0.4, 0.5) is 0 Å². The molecule has 1 aliphatic carbocycles. The molecule has 0 aliphatic heterocycles. The van der Waals surface area contributed by atoms with Crippen LogP contribution in [0.1, 0.15) is 17.7 Å². The Morgan fingerprint density at radius 3 is 2.82 bits per heavy atom. The van der Waals surface area contributed by atoms with Crippen LogP contribution in [-0.2, 0) is 11.3 Å². The third-order valence-electron chi connectivity index (χ3n) is 2.83. The molecular weight excluding hydrogens is 306 g/mol. The van der Waals surface area contributed by atoms with Gasteiger partial charge in [0, 0.05) is 4.88 Å². The highest BCUT2D eigenvalue weighted by Gasteiger charge is 2.54. The minimum Gasteiger partial charge on any atom is -0.409 e. The van der Waals surface area contributed by atoms with E-state index in [-0.39, 0.29) is 11.7 Å². The zero-order chi connectivity index (χ0) is 12.5. The molecule has 1 amide bonds. The van der Waals surface area contributed by atoms with Gasteiger partial charge in [0.05, 0.1) is 10.3 Å². The van der Waals surface area contributed by atoms with E-state index in [1.807, 2.05) is 12.1 Å². The molecule has 2 rings (SSSR count). The molecule has 4 N–H and O–H groups in total. The van der Waals surface area contributed by atoms with Gasteiger partial charge in [-0.05, 0) is 40.9 Å². The van der Waals surface area contributed by atoms with Gasteiger partial charge >= 0.3 is 0 Å². The average molecular weight is 318 g/mol. The van der Waals surface area contributed by atoms with E-state index in [1.165, 1.54) is 0 Å². The number of carbonyl (C=O) groups excluding carboxylic acids is 1. The number of hydrogen-bond acceptors (Lipinski definition) is 4. The fraction of sp³-hybridized carbons (Fsp3) is 0.400. The molecule has 92 valence electrons. The Kier molecular flexibility index (Phi) is 3.39. The Morgan fingerprint density at radius 1 is 1.65 bits per heavy atom. The predicted octanol–water partition coefficient (Wildman–Crippen LogP) is 1.65. The minimum atomic E-state index is -0.775. The topological polar surface area (TPSA) is 87.7 Å². The molecule has 1 fully saturated rings. The first kappa shape index (κ1) is 12.4. The summed E-state index contributed by atoms with van der Waals surface area (Å²) in [6, 6.07) is 3.88. The van der Waals surface area contributed by atoms with Crippen LogP contribution >= 0.6 is 27.3 Å². The van der Waals surface area contributed by atoms with Crippen molar-refractivity contribution in [1.82, 2.24) is 5.32 Å². The Morgan fingerprint density at radius 2 is 2.35 bits per heavy atom. The number of nitrogens with zero attached hydrogens (tertiary/aromatic N) is 1. The molecule has 17 heavy (non-hydrogen) atoms. The van der Waals surface area contributed by atoms with E-state index in [0.29, 0.717) is 19.4 Å². The third-order valence-corrected chi connectivity index (χ3v) is 4.46. The van der Waals surface area contributed by atoms with Crippen LogP contribution < -0.4 is 11.1 Å². The van der Waals surface area contributed by atoms with E-state index in [1.54, 1.807) is 11.3 Å². The third kappa shape index (κ3) is 2.44. The van der Waals surface area contributed by atoms with Gasteiger partial charge in [0.15, 0.2) is 5.84 Å². The van der Waals surface area contributed by atoms with Crippen molar-refractivity contribution in [2.75, 3.05) is 0 Å². The SMILES string of the molecule is N/C(=N/O)C1(C(=O)NCc2ccc(Br)s2)CC1. The van der Waals surface area contributed by atoms with Crippen molar-refractivity contribution in [3.8, 4) is 0 Å². The van der Waals surface area contributed by atoms with Gasteiger partial charge in [-0.3, -0.25) is 4.79 Å². The molecule has 0 unspecified atom stereocenters. The monoisotopic (exact) mass is 317 g/mol. The van der Waals surface area contributed by atoms with Crippen molar-refractivity contribution in [3.63, 3.8) is 0 Å². The second kappa shape index (κ2) is 4.66. The summed E-state index contributed by atoms with van der Waals surface area (Å²) in [5.41, 5.74) is 4.75. The Hall–Kier alpha value is -1.08. The number of nitrogens with one attached hydrogen (secondary N) is 1. The fourth-order valence-electron chi connectivity index (χ4n) is 1.60. The highest BCUT2D eigenvalue weighted by Crippen LogP contribution is 2.46. The van der Waals surface area contributed by atoms with Gasteiger partial charge in [-0.15, -0.1) is 11.3 Å². The van der Waals surface area contributed by atoms with E-state index in [9.17, 15) is 4.79 Å². The number of carbonyl (C=O) groups is 1. The molecule has 1 aromatic heterocycles. The minimum absolute atomic E-state index is 0.00219. The largest absolute Gasteiger partial charge is 0.409 e.